The Bertz CT molecular complexity index is 993. The molecule has 2 aliphatic rings. The van der Waals surface area contributed by atoms with Gasteiger partial charge >= 0.3 is 0 Å². The van der Waals surface area contributed by atoms with Crippen molar-refractivity contribution in [2.45, 2.75) is 12.8 Å². The maximum atomic E-state index is 12.4. The summed E-state index contributed by atoms with van der Waals surface area (Å²) in [6.45, 7) is 3.18. The molecule has 4 rings (SSSR count). The van der Waals surface area contributed by atoms with Gasteiger partial charge in [0.25, 0.3) is 5.91 Å². The first-order valence-electron chi connectivity index (χ1n) is 10.1. The number of hydrazone groups is 1. The van der Waals surface area contributed by atoms with Crippen molar-refractivity contribution in [3.63, 3.8) is 0 Å². The van der Waals surface area contributed by atoms with Gasteiger partial charge < -0.3 is 9.64 Å². The second-order valence-electron chi connectivity index (χ2n) is 7.23. The summed E-state index contributed by atoms with van der Waals surface area (Å²) in [5, 5.41) is 4.27. The van der Waals surface area contributed by atoms with Crippen LogP contribution in [0.3, 0.4) is 0 Å². The molecule has 0 unspecified atom stereocenters. The molecule has 2 aromatic carbocycles. The number of morpholine rings is 1. The van der Waals surface area contributed by atoms with E-state index in [1.807, 2.05) is 24.3 Å². The molecule has 1 amide bonds. The molecule has 1 saturated heterocycles. The van der Waals surface area contributed by atoms with Crippen LogP contribution in [0.25, 0.3) is 6.08 Å². The number of carbonyl (C=O) groups excluding carboxylic acids is 1. The number of halogens is 1. The number of ether oxygens (including phenoxy) is 1. The van der Waals surface area contributed by atoms with Crippen LogP contribution in [0.15, 0.2) is 81.0 Å². The zero-order valence-electron chi connectivity index (χ0n) is 16.7. The van der Waals surface area contributed by atoms with E-state index in [9.17, 15) is 4.79 Å². The number of carbonyl (C=O) groups is 1. The molecule has 30 heavy (non-hydrogen) atoms. The van der Waals surface area contributed by atoms with Crippen molar-refractivity contribution in [1.82, 2.24) is 10.3 Å². The monoisotopic (exact) mass is 465 g/mol. The Morgan fingerprint density at radius 3 is 2.53 bits per heavy atom. The van der Waals surface area contributed by atoms with Gasteiger partial charge in [0.1, 0.15) is 0 Å². The predicted molar refractivity (Wildman–Crippen MR) is 123 cm³/mol. The number of allylic oxidation sites excluding steroid dienone is 2. The third kappa shape index (κ3) is 4.89. The zero-order valence-corrected chi connectivity index (χ0v) is 18.3. The molecule has 0 radical (unpaired) electrons. The lowest BCUT2D eigenvalue weighted by Crippen LogP contribution is -2.36. The molecule has 0 bridgehead atoms. The third-order valence-corrected chi connectivity index (χ3v) is 5.94. The van der Waals surface area contributed by atoms with E-state index in [0.29, 0.717) is 5.56 Å². The molecule has 154 valence electrons. The van der Waals surface area contributed by atoms with Gasteiger partial charge in [-0.25, -0.2) is 5.43 Å². The molecule has 0 saturated carbocycles. The second-order valence-corrected chi connectivity index (χ2v) is 8.09. The number of hydrogen-bond acceptors (Lipinski definition) is 4. The Hall–Kier alpha value is -2.70. The number of nitrogens with one attached hydrogen (secondary N) is 1. The van der Waals surface area contributed by atoms with E-state index in [0.717, 1.165) is 49.2 Å². The highest BCUT2D eigenvalue weighted by Crippen LogP contribution is 2.35. The summed E-state index contributed by atoms with van der Waals surface area (Å²) in [4.78, 5) is 14.8. The fourth-order valence-corrected chi connectivity index (χ4v) is 4.26. The first kappa shape index (κ1) is 20.6. The van der Waals surface area contributed by atoms with Crippen LogP contribution in [0.2, 0.25) is 0 Å². The fraction of sp³-hybridized carbons (Fsp3) is 0.250. The zero-order chi connectivity index (χ0) is 20.8. The van der Waals surface area contributed by atoms with E-state index in [2.05, 4.69) is 61.7 Å². The summed E-state index contributed by atoms with van der Waals surface area (Å²) in [5.74, 6) is -0.231. The quantitative estimate of drug-likeness (QED) is 0.517. The van der Waals surface area contributed by atoms with Crippen molar-refractivity contribution < 1.29 is 9.53 Å². The minimum atomic E-state index is -0.231. The lowest BCUT2D eigenvalue weighted by Gasteiger charge is -2.31. The SMILES string of the molecule is O=C(N/N=C/C1=C(N2CCOCC2)C(=C/c2ccccc2)/CC1)c1ccccc1Br. The Kier molecular flexibility index (Phi) is 6.77. The maximum Gasteiger partial charge on any atom is 0.272 e. The summed E-state index contributed by atoms with van der Waals surface area (Å²) in [6.07, 6.45) is 5.91. The van der Waals surface area contributed by atoms with Crippen molar-refractivity contribution >= 4 is 34.1 Å². The van der Waals surface area contributed by atoms with Crippen LogP contribution < -0.4 is 5.43 Å². The Labute approximate surface area is 185 Å². The summed E-state index contributed by atoms with van der Waals surface area (Å²) < 4.78 is 6.29. The van der Waals surface area contributed by atoms with Gasteiger partial charge in [0.15, 0.2) is 0 Å². The predicted octanol–water partition coefficient (Wildman–Crippen LogP) is 4.63. The molecule has 5 nitrogen and oxygen atoms in total. The van der Waals surface area contributed by atoms with Crippen molar-refractivity contribution in [2.75, 3.05) is 26.3 Å². The Balaban J connectivity index is 1.57. The minimum absolute atomic E-state index is 0.231. The average Bonchev–Trinajstić information content (AvgIpc) is 3.17. The fourth-order valence-electron chi connectivity index (χ4n) is 3.80. The van der Waals surface area contributed by atoms with Gasteiger partial charge in [-0.3, -0.25) is 4.79 Å². The highest BCUT2D eigenvalue weighted by atomic mass is 79.9. The highest BCUT2D eigenvalue weighted by molar-refractivity contribution is 9.10. The molecule has 1 fully saturated rings. The van der Waals surface area contributed by atoms with Gasteiger partial charge in [0.05, 0.1) is 25.0 Å². The lowest BCUT2D eigenvalue weighted by molar-refractivity contribution is 0.0548. The van der Waals surface area contributed by atoms with Crippen LogP contribution in [0.1, 0.15) is 28.8 Å². The van der Waals surface area contributed by atoms with E-state index < -0.39 is 0 Å². The molecule has 0 aromatic heterocycles. The van der Waals surface area contributed by atoms with E-state index in [1.54, 1.807) is 12.3 Å². The lowest BCUT2D eigenvalue weighted by atomic mass is 10.1. The van der Waals surface area contributed by atoms with E-state index in [4.69, 9.17) is 4.74 Å². The maximum absolute atomic E-state index is 12.4. The molecule has 1 aliphatic carbocycles. The summed E-state index contributed by atoms with van der Waals surface area (Å²) >= 11 is 3.41. The van der Waals surface area contributed by atoms with Crippen molar-refractivity contribution in [3.05, 3.63) is 87.0 Å². The van der Waals surface area contributed by atoms with Crippen LogP contribution in [0.5, 0.6) is 0 Å². The van der Waals surface area contributed by atoms with E-state index >= 15 is 0 Å². The van der Waals surface area contributed by atoms with E-state index in [-0.39, 0.29) is 5.91 Å². The molecule has 0 spiro atoms. The molecule has 0 atom stereocenters. The van der Waals surface area contributed by atoms with Gasteiger partial charge in [-0.05, 0) is 63.7 Å². The minimum Gasteiger partial charge on any atom is -0.378 e. The van der Waals surface area contributed by atoms with E-state index in [1.165, 1.54) is 16.8 Å². The average molecular weight is 466 g/mol. The smallest absolute Gasteiger partial charge is 0.272 e. The Morgan fingerprint density at radius 1 is 1.03 bits per heavy atom. The molecular formula is C24H24BrN3O2. The van der Waals surface area contributed by atoms with Crippen molar-refractivity contribution in [2.24, 2.45) is 5.10 Å². The van der Waals surface area contributed by atoms with Gasteiger partial charge in [-0.1, -0.05) is 42.5 Å². The second kappa shape index (κ2) is 9.87. The van der Waals surface area contributed by atoms with Gasteiger partial charge in [-0.2, -0.15) is 5.10 Å². The van der Waals surface area contributed by atoms with Crippen molar-refractivity contribution in [3.8, 4) is 0 Å². The number of rotatable bonds is 5. The summed E-state index contributed by atoms with van der Waals surface area (Å²) in [5.41, 5.74) is 8.09. The molecule has 1 heterocycles. The van der Waals surface area contributed by atoms with Gasteiger partial charge in [0.2, 0.25) is 0 Å². The largest absolute Gasteiger partial charge is 0.378 e. The number of amides is 1. The van der Waals surface area contributed by atoms with Gasteiger partial charge in [0, 0.05) is 23.3 Å². The molecule has 2 aromatic rings. The van der Waals surface area contributed by atoms with Crippen LogP contribution in [0, 0.1) is 0 Å². The van der Waals surface area contributed by atoms with Crippen molar-refractivity contribution in [1.29, 1.82) is 0 Å². The molecule has 6 heteroatoms. The number of hydrogen-bond donors (Lipinski definition) is 1. The Morgan fingerprint density at radius 2 is 1.77 bits per heavy atom. The topological polar surface area (TPSA) is 53.9 Å². The number of nitrogens with zero attached hydrogens (tertiary/aromatic N) is 2. The van der Waals surface area contributed by atoms with Crippen LogP contribution in [-0.4, -0.2) is 43.3 Å². The molecule has 1 aliphatic heterocycles. The molecular weight excluding hydrogens is 442 g/mol. The first-order valence-corrected chi connectivity index (χ1v) is 10.9. The molecule has 1 N–H and O–H groups in total. The summed E-state index contributed by atoms with van der Waals surface area (Å²) in [7, 11) is 0. The standard InChI is InChI=1S/C24H24BrN3O2/c25-22-9-5-4-8-21(22)24(29)27-26-17-20-11-10-19(16-18-6-2-1-3-7-18)23(20)28-12-14-30-15-13-28/h1-9,16-17H,10-15H2,(H,27,29)/b19-16+,26-17+. The number of benzene rings is 2. The first-order chi connectivity index (χ1) is 14.7. The van der Waals surface area contributed by atoms with Crippen LogP contribution in [0.4, 0.5) is 0 Å². The van der Waals surface area contributed by atoms with Gasteiger partial charge in [-0.15, -0.1) is 0 Å². The highest BCUT2D eigenvalue weighted by Gasteiger charge is 2.25. The summed E-state index contributed by atoms with van der Waals surface area (Å²) in [6, 6.07) is 17.7. The normalized spacial score (nSPS) is 18.4. The van der Waals surface area contributed by atoms with Crippen LogP contribution >= 0.6 is 15.9 Å². The van der Waals surface area contributed by atoms with Crippen LogP contribution in [-0.2, 0) is 4.74 Å². The third-order valence-electron chi connectivity index (χ3n) is 5.24.